The van der Waals surface area contributed by atoms with Crippen molar-refractivity contribution in [1.82, 2.24) is 4.31 Å². The van der Waals surface area contributed by atoms with Gasteiger partial charge in [0.2, 0.25) is 21.7 Å². The SMILES string of the molecule is CC(=O)Nc1ccc(Oc2ccc(S(=O)(=O)N3CCCCC3)cc2[N+](=O)[O-])cc1. The minimum absolute atomic E-state index is 0.0696. The highest BCUT2D eigenvalue weighted by atomic mass is 32.2. The number of piperidine rings is 1. The molecule has 0 saturated carbocycles. The molecule has 1 amide bonds. The summed E-state index contributed by atoms with van der Waals surface area (Å²) in [5.74, 6) is 0.0218. The molecular weight excluding hydrogens is 398 g/mol. The van der Waals surface area contributed by atoms with E-state index >= 15 is 0 Å². The first-order chi connectivity index (χ1) is 13.8. The van der Waals surface area contributed by atoms with Gasteiger partial charge in [-0.1, -0.05) is 6.42 Å². The molecule has 0 unspecified atom stereocenters. The van der Waals surface area contributed by atoms with Crippen LogP contribution in [0.4, 0.5) is 11.4 Å². The molecule has 3 rings (SSSR count). The lowest BCUT2D eigenvalue weighted by molar-refractivity contribution is -0.385. The van der Waals surface area contributed by atoms with Gasteiger partial charge in [0.25, 0.3) is 0 Å². The van der Waals surface area contributed by atoms with Crippen LogP contribution in [0.25, 0.3) is 0 Å². The van der Waals surface area contributed by atoms with E-state index in [1.54, 1.807) is 24.3 Å². The maximum Gasteiger partial charge on any atom is 0.312 e. The molecule has 0 aliphatic carbocycles. The Morgan fingerprint density at radius 1 is 1.10 bits per heavy atom. The molecule has 1 saturated heterocycles. The van der Waals surface area contributed by atoms with Crippen LogP contribution in [0.5, 0.6) is 11.5 Å². The molecule has 2 aromatic rings. The first kappa shape index (κ1) is 20.7. The molecule has 154 valence electrons. The fraction of sp³-hybridized carbons (Fsp3) is 0.316. The zero-order valence-electron chi connectivity index (χ0n) is 15.8. The average Bonchev–Trinajstić information content (AvgIpc) is 2.69. The summed E-state index contributed by atoms with van der Waals surface area (Å²) in [4.78, 5) is 21.8. The number of carbonyl (C=O) groups excluding carboxylic acids is 1. The van der Waals surface area contributed by atoms with Gasteiger partial charge in [0.05, 0.1) is 9.82 Å². The Morgan fingerprint density at radius 3 is 2.34 bits per heavy atom. The van der Waals surface area contributed by atoms with Crippen molar-refractivity contribution in [3.05, 3.63) is 52.6 Å². The number of nitro groups is 1. The normalized spacial score (nSPS) is 14.9. The molecule has 0 bridgehead atoms. The third-order valence-electron chi connectivity index (χ3n) is 4.48. The highest BCUT2D eigenvalue weighted by molar-refractivity contribution is 7.89. The Kier molecular flexibility index (Phi) is 6.14. The van der Waals surface area contributed by atoms with Crippen LogP contribution in [0, 0.1) is 10.1 Å². The molecule has 1 fully saturated rings. The van der Waals surface area contributed by atoms with Gasteiger partial charge in [0.1, 0.15) is 5.75 Å². The van der Waals surface area contributed by atoms with Crippen LogP contribution in [0.2, 0.25) is 0 Å². The van der Waals surface area contributed by atoms with Gasteiger partial charge in [-0.3, -0.25) is 14.9 Å². The second kappa shape index (κ2) is 8.58. The molecule has 0 radical (unpaired) electrons. The van der Waals surface area contributed by atoms with Crippen molar-refractivity contribution >= 4 is 27.3 Å². The first-order valence-electron chi connectivity index (χ1n) is 9.11. The largest absolute Gasteiger partial charge is 0.450 e. The van der Waals surface area contributed by atoms with Gasteiger partial charge in [-0.05, 0) is 49.2 Å². The third kappa shape index (κ3) is 4.90. The number of nitrogens with one attached hydrogen (secondary N) is 1. The molecule has 0 aromatic heterocycles. The Balaban J connectivity index is 1.86. The predicted octanol–water partition coefficient (Wildman–Crippen LogP) is 3.52. The van der Waals surface area contributed by atoms with Crippen LogP contribution in [-0.4, -0.2) is 36.6 Å². The summed E-state index contributed by atoms with van der Waals surface area (Å²) in [6.45, 7) is 2.21. The Bertz CT molecular complexity index is 1010. The molecule has 1 heterocycles. The summed E-state index contributed by atoms with van der Waals surface area (Å²) in [6, 6.07) is 9.93. The zero-order chi connectivity index (χ0) is 21.0. The number of nitrogens with zero attached hydrogens (tertiary/aromatic N) is 2. The molecule has 1 aliphatic rings. The quantitative estimate of drug-likeness (QED) is 0.565. The second-order valence-electron chi connectivity index (χ2n) is 6.66. The fourth-order valence-corrected chi connectivity index (χ4v) is 4.62. The lowest BCUT2D eigenvalue weighted by atomic mass is 10.2. The molecule has 0 spiro atoms. The van der Waals surface area contributed by atoms with E-state index in [4.69, 9.17) is 4.74 Å². The second-order valence-corrected chi connectivity index (χ2v) is 8.60. The summed E-state index contributed by atoms with van der Waals surface area (Å²) in [7, 11) is -3.79. The molecule has 0 atom stereocenters. The number of anilines is 1. The van der Waals surface area contributed by atoms with Crippen molar-refractivity contribution in [3.8, 4) is 11.5 Å². The smallest absolute Gasteiger partial charge is 0.312 e. The van der Waals surface area contributed by atoms with E-state index in [9.17, 15) is 23.3 Å². The van der Waals surface area contributed by atoms with Crippen LogP contribution in [-0.2, 0) is 14.8 Å². The highest BCUT2D eigenvalue weighted by Crippen LogP contribution is 2.35. The zero-order valence-corrected chi connectivity index (χ0v) is 16.6. The lowest BCUT2D eigenvalue weighted by Crippen LogP contribution is -2.35. The highest BCUT2D eigenvalue weighted by Gasteiger charge is 2.29. The van der Waals surface area contributed by atoms with Gasteiger partial charge in [-0.15, -0.1) is 0 Å². The van der Waals surface area contributed by atoms with Crippen molar-refractivity contribution in [1.29, 1.82) is 0 Å². The molecule has 1 N–H and O–H groups in total. The summed E-state index contributed by atoms with van der Waals surface area (Å²) >= 11 is 0. The topological polar surface area (TPSA) is 119 Å². The number of ether oxygens (including phenoxy) is 1. The number of rotatable bonds is 6. The summed E-state index contributed by atoms with van der Waals surface area (Å²) in [5.41, 5.74) is 0.122. The van der Waals surface area contributed by atoms with Crippen LogP contribution < -0.4 is 10.1 Å². The fourth-order valence-electron chi connectivity index (χ4n) is 3.08. The van der Waals surface area contributed by atoms with E-state index in [-0.39, 0.29) is 16.6 Å². The molecule has 9 nitrogen and oxygen atoms in total. The predicted molar refractivity (Wildman–Crippen MR) is 107 cm³/mol. The lowest BCUT2D eigenvalue weighted by Gasteiger charge is -2.25. The Morgan fingerprint density at radius 2 is 1.76 bits per heavy atom. The van der Waals surface area contributed by atoms with Crippen LogP contribution in [0.3, 0.4) is 0 Å². The number of benzene rings is 2. The Labute approximate surface area is 168 Å². The molecule has 10 heteroatoms. The van der Waals surface area contributed by atoms with E-state index in [0.29, 0.717) is 24.5 Å². The maximum atomic E-state index is 12.8. The average molecular weight is 419 g/mol. The van der Waals surface area contributed by atoms with Crippen LogP contribution in [0.1, 0.15) is 26.2 Å². The summed E-state index contributed by atoms with van der Waals surface area (Å²) in [6.07, 6.45) is 2.52. The monoisotopic (exact) mass is 419 g/mol. The van der Waals surface area contributed by atoms with Gasteiger partial charge >= 0.3 is 5.69 Å². The van der Waals surface area contributed by atoms with Gasteiger partial charge in [-0.2, -0.15) is 4.31 Å². The van der Waals surface area contributed by atoms with E-state index in [0.717, 1.165) is 25.3 Å². The van der Waals surface area contributed by atoms with E-state index in [2.05, 4.69) is 5.32 Å². The van der Waals surface area contributed by atoms with E-state index in [1.165, 1.54) is 23.4 Å². The maximum absolute atomic E-state index is 12.8. The van der Waals surface area contributed by atoms with Crippen molar-refractivity contribution in [2.75, 3.05) is 18.4 Å². The number of sulfonamides is 1. The van der Waals surface area contributed by atoms with Crippen molar-refractivity contribution in [2.24, 2.45) is 0 Å². The molecule has 1 aliphatic heterocycles. The third-order valence-corrected chi connectivity index (χ3v) is 6.38. The van der Waals surface area contributed by atoms with E-state index < -0.39 is 20.6 Å². The number of amides is 1. The number of nitro benzene ring substituents is 1. The number of carbonyl (C=O) groups is 1. The number of hydrogen-bond acceptors (Lipinski definition) is 6. The molecule has 2 aromatic carbocycles. The van der Waals surface area contributed by atoms with Gasteiger partial charge < -0.3 is 10.1 Å². The van der Waals surface area contributed by atoms with Gasteiger partial charge in [0, 0.05) is 31.8 Å². The van der Waals surface area contributed by atoms with Gasteiger partial charge in [-0.25, -0.2) is 8.42 Å². The summed E-state index contributed by atoms with van der Waals surface area (Å²) < 4.78 is 32.5. The minimum Gasteiger partial charge on any atom is -0.450 e. The molecular formula is C19H21N3O6S. The van der Waals surface area contributed by atoms with Crippen LogP contribution >= 0.6 is 0 Å². The standard InChI is InChI=1S/C19H21N3O6S/c1-14(23)20-15-5-7-16(8-6-15)28-19-10-9-17(13-18(19)22(24)25)29(26,27)21-11-3-2-4-12-21/h5-10,13H,2-4,11-12H2,1H3,(H,20,23). The minimum atomic E-state index is -3.79. The van der Waals surface area contributed by atoms with Crippen LogP contribution in [0.15, 0.2) is 47.4 Å². The summed E-state index contributed by atoms with van der Waals surface area (Å²) in [5, 5.41) is 14.1. The molecule has 29 heavy (non-hydrogen) atoms. The van der Waals surface area contributed by atoms with Crippen molar-refractivity contribution < 1.29 is 22.9 Å². The van der Waals surface area contributed by atoms with Crippen molar-refractivity contribution in [3.63, 3.8) is 0 Å². The Hall–Kier alpha value is -2.98. The number of hydrogen-bond donors (Lipinski definition) is 1. The first-order valence-corrected chi connectivity index (χ1v) is 10.6. The van der Waals surface area contributed by atoms with Crippen molar-refractivity contribution in [2.45, 2.75) is 31.1 Å². The van der Waals surface area contributed by atoms with Gasteiger partial charge in [0.15, 0.2) is 0 Å². The van der Waals surface area contributed by atoms with E-state index in [1.807, 2.05) is 0 Å².